The lowest BCUT2D eigenvalue weighted by Crippen LogP contribution is -2.41. The number of anilines is 1. The number of benzene rings is 2. The van der Waals surface area contributed by atoms with Crippen molar-refractivity contribution in [1.29, 1.82) is 0 Å². The first kappa shape index (κ1) is 20.6. The fourth-order valence-electron chi connectivity index (χ4n) is 4.10. The van der Waals surface area contributed by atoms with Crippen LogP contribution >= 0.6 is 0 Å². The predicted molar refractivity (Wildman–Crippen MR) is 123 cm³/mol. The number of nitrogens with zero attached hydrogens (tertiary/aromatic N) is 5. The van der Waals surface area contributed by atoms with Crippen LogP contribution in [0.15, 0.2) is 78.1 Å². The van der Waals surface area contributed by atoms with Crippen molar-refractivity contribution in [3.63, 3.8) is 0 Å². The molecule has 2 aromatic heterocycles. The van der Waals surface area contributed by atoms with Crippen LogP contribution in [0.2, 0.25) is 0 Å². The maximum atomic E-state index is 13.0. The van der Waals surface area contributed by atoms with Crippen molar-refractivity contribution in [2.24, 2.45) is 5.92 Å². The fourth-order valence-corrected chi connectivity index (χ4v) is 5.67. The number of aromatic nitrogens is 4. The molecule has 0 aliphatic carbocycles. The minimum Gasteiger partial charge on any atom is -0.354 e. The molecule has 32 heavy (non-hydrogen) atoms. The standard InChI is InChI=1S/C23H24N6O2S/c30-32(31,19-8-2-1-3-9-19)28-14-6-7-18(16-28)15-25-23-24-13-12-22(27-23)29-17-26-20-10-4-5-11-21(20)29/h1-5,8-13,17-18H,6-7,14-16H2,(H,24,25,27). The quantitative estimate of drug-likeness (QED) is 0.486. The van der Waals surface area contributed by atoms with E-state index in [9.17, 15) is 8.42 Å². The lowest BCUT2D eigenvalue weighted by Gasteiger charge is -2.32. The highest BCUT2D eigenvalue weighted by atomic mass is 32.2. The first-order chi connectivity index (χ1) is 15.6. The van der Waals surface area contributed by atoms with Crippen molar-refractivity contribution in [2.45, 2.75) is 17.7 Å². The molecule has 1 atom stereocenters. The van der Waals surface area contributed by atoms with Crippen LogP contribution in [0.3, 0.4) is 0 Å². The maximum Gasteiger partial charge on any atom is 0.243 e. The molecule has 1 aliphatic heterocycles. The van der Waals surface area contributed by atoms with Gasteiger partial charge in [0.05, 0.1) is 15.9 Å². The van der Waals surface area contributed by atoms with Gasteiger partial charge in [-0.3, -0.25) is 4.57 Å². The van der Waals surface area contributed by atoms with Crippen LogP contribution in [-0.4, -0.2) is 51.9 Å². The van der Waals surface area contributed by atoms with Gasteiger partial charge in [0.25, 0.3) is 0 Å². The molecule has 8 nitrogen and oxygen atoms in total. The third-order valence-corrected chi connectivity index (χ3v) is 7.63. The average molecular weight is 449 g/mol. The molecule has 5 rings (SSSR count). The third-order valence-electron chi connectivity index (χ3n) is 5.75. The van der Waals surface area contributed by atoms with Gasteiger partial charge in [-0.05, 0) is 49.1 Å². The first-order valence-corrected chi connectivity index (χ1v) is 12.1. The van der Waals surface area contributed by atoms with Crippen molar-refractivity contribution in [3.05, 3.63) is 73.2 Å². The number of hydrogen-bond acceptors (Lipinski definition) is 6. The van der Waals surface area contributed by atoms with E-state index in [1.165, 1.54) is 0 Å². The van der Waals surface area contributed by atoms with Gasteiger partial charge in [-0.25, -0.2) is 18.4 Å². The molecular formula is C23H24N6O2S. The summed E-state index contributed by atoms with van der Waals surface area (Å²) in [5.41, 5.74) is 1.88. The predicted octanol–water partition coefficient (Wildman–Crippen LogP) is 3.33. The minimum absolute atomic E-state index is 0.184. The molecule has 0 bridgehead atoms. The summed E-state index contributed by atoms with van der Waals surface area (Å²) in [6, 6.07) is 18.4. The SMILES string of the molecule is O=S(=O)(c1ccccc1)N1CCCC(CNc2nccc(-n3cnc4ccccc43)n2)C1. The number of para-hydroxylation sites is 2. The van der Waals surface area contributed by atoms with Crippen LogP contribution in [0.4, 0.5) is 5.95 Å². The second-order valence-corrected chi connectivity index (χ2v) is 9.84. The molecule has 164 valence electrons. The lowest BCUT2D eigenvalue weighted by molar-refractivity contribution is 0.275. The largest absolute Gasteiger partial charge is 0.354 e. The summed E-state index contributed by atoms with van der Waals surface area (Å²) >= 11 is 0. The van der Waals surface area contributed by atoms with E-state index in [0.717, 1.165) is 29.7 Å². The van der Waals surface area contributed by atoms with E-state index < -0.39 is 10.0 Å². The molecule has 9 heteroatoms. The third kappa shape index (κ3) is 4.09. The van der Waals surface area contributed by atoms with Gasteiger partial charge in [-0.15, -0.1) is 0 Å². The molecular weight excluding hydrogens is 424 g/mol. The minimum atomic E-state index is -3.47. The summed E-state index contributed by atoms with van der Waals surface area (Å²) in [6.07, 6.45) is 5.26. The molecule has 1 saturated heterocycles. The Morgan fingerprint density at radius 1 is 1.00 bits per heavy atom. The van der Waals surface area contributed by atoms with Crippen molar-refractivity contribution in [1.82, 2.24) is 23.8 Å². The topological polar surface area (TPSA) is 93.0 Å². The molecule has 4 aromatic rings. The van der Waals surface area contributed by atoms with E-state index in [1.54, 1.807) is 41.1 Å². The highest BCUT2D eigenvalue weighted by molar-refractivity contribution is 7.89. The summed E-state index contributed by atoms with van der Waals surface area (Å²) in [7, 11) is -3.47. The van der Waals surface area contributed by atoms with Crippen LogP contribution in [0.1, 0.15) is 12.8 Å². The molecule has 1 N–H and O–H groups in total. The Morgan fingerprint density at radius 3 is 2.69 bits per heavy atom. The van der Waals surface area contributed by atoms with Crippen LogP contribution in [0.5, 0.6) is 0 Å². The summed E-state index contributed by atoms with van der Waals surface area (Å²) in [4.78, 5) is 13.7. The van der Waals surface area contributed by atoms with Gasteiger partial charge in [0, 0.05) is 25.8 Å². The van der Waals surface area contributed by atoms with E-state index in [-0.39, 0.29) is 5.92 Å². The van der Waals surface area contributed by atoms with Gasteiger partial charge in [0.1, 0.15) is 12.1 Å². The number of hydrogen-bond donors (Lipinski definition) is 1. The number of fused-ring (bicyclic) bond motifs is 1. The van der Waals surface area contributed by atoms with Crippen molar-refractivity contribution in [3.8, 4) is 5.82 Å². The summed E-state index contributed by atoms with van der Waals surface area (Å²) < 4.78 is 29.4. The number of sulfonamides is 1. The Bertz CT molecular complexity index is 1320. The zero-order valence-electron chi connectivity index (χ0n) is 17.5. The van der Waals surface area contributed by atoms with Gasteiger partial charge < -0.3 is 5.32 Å². The number of rotatable bonds is 6. The number of imidazole rings is 1. The van der Waals surface area contributed by atoms with Gasteiger partial charge >= 0.3 is 0 Å². The first-order valence-electron chi connectivity index (χ1n) is 10.7. The zero-order chi connectivity index (χ0) is 22.0. The van der Waals surface area contributed by atoms with Gasteiger partial charge in [-0.2, -0.15) is 9.29 Å². The van der Waals surface area contributed by atoms with Crippen molar-refractivity contribution in [2.75, 3.05) is 25.0 Å². The van der Waals surface area contributed by atoms with Gasteiger partial charge in [0.2, 0.25) is 16.0 Å². The van der Waals surface area contributed by atoms with Gasteiger partial charge in [0.15, 0.2) is 0 Å². The van der Waals surface area contributed by atoms with E-state index in [2.05, 4.69) is 20.3 Å². The van der Waals surface area contributed by atoms with E-state index in [0.29, 0.717) is 30.5 Å². The maximum absolute atomic E-state index is 13.0. The summed E-state index contributed by atoms with van der Waals surface area (Å²) in [6.45, 7) is 1.64. The Hall–Kier alpha value is -3.30. The summed E-state index contributed by atoms with van der Waals surface area (Å²) in [5.74, 6) is 1.43. The molecule has 1 aliphatic rings. The van der Waals surface area contributed by atoms with Crippen molar-refractivity contribution < 1.29 is 8.42 Å². The Balaban J connectivity index is 1.27. The molecule has 0 radical (unpaired) electrons. The van der Waals surface area contributed by atoms with Crippen LogP contribution < -0.4 is 5.32 Å². The molecule has 1 fully saturated rings. The van der Waals surface area contributed by atoms with E-state index >= 15 is 0 Å². The highest BCUT2D eigenvalue weighted by Crippen LogP contribution is 2.24. The van der Waals surface area contributed by atoms with Crippen LogP contribution in [0.25, 0.3) is 16.9 Å². The second-order valence-electron chi connectivity index (χ2n) is 7.91. The smallest absolute Gasteiger partial charge is 0.243 e. The van der Waals surface area contributed by atoms with Gasteiger partial charge in [-0.1, -0.05) is 30.3 Å². The second kappa shape index (κ2) is 8.68. The monoisotopic (exact) mass is 448 g/mol. The Kier molecular flexibility index (Phi) is 5.59. The Morgan fingerprint density at radius 2 is 1.81 bits per heavy atom. The van der Waals surface area contributed by atoms with Crippen LogP contribution in [0, 0.1) is 5.92 Å². The normalized spacial score (nSPS) is 17.4. The molecule has 1 unspecified atom stereocenters. The fraction of sp³-hybridized carbons (Fsp3) is 0.261. The van der Waals surface area contributed by atoms with E-state index in [1.807, 2.05) is 41.0 Å². The Labute approximate surface area is 187 Å². The van der Waals surface area contributed by atoms with Crippen molar-refractivity contribution >= 4 is 27.0 Å². The molecule has 0 spiro atoms. The number of nitrogens with one attached hydrogen (secondary N) is 1. The molecule has 3 heterocycles. The lowest BCUT2D eigenvalue weighted by atomic mass is 10.00. The molecule has 0 saturated carbocycles. The average Bonchev–Trinajstić information content (AvgIpc) is 3.28. The molecule has 0 amide bonds. The molecule has 2 aromatic carbocycles. The van der Waals surface area contributed by atoms with E-state index in [4.69, 9.17) is 0 Å². The number of piperidine rings is 1. The van der Waals surface area contributed by atoms with Crippen LogP contribution in [-0.2, 0) is 10.0 Å². The highest BCUT2D eigenvalue weighted by Gasteiger charge is 2.30. The summed E-state index contributed by atoms with van der Waals surface area (Å²) in [5, 5.41) is 3.30. The zero-order valence-corrected chi connectivity index (χ0v) is 18.3.